The van der Waals surface area contributed by atoms with E-state index in [-0.39, 0.29) is 17.1 Å². The highest BCUT2D eigenvalue weighted by molar-refractivity contribution is 6.74. The van der Waals surface area contributed by atoms with Crippen LogP contribution in [0.5, 0.6) is 0 Å². The van der Waals surface area contributed by atoms with Crippen LogP contribution in [0.4, 0.5) is 0 Å². The largest absolute Gasteiger partial charge is 0.413 e. The number of rotatable bonds is 9. The minimum Gasteiger partial charge on any atom is -0.413 e. The number of allylic oxidation sites excluding steroid dienone is 1. The highest BCUT2D eigenvalue weighted by Gasteiger charge is 2.40. The van der Waals surface area contributed by atoms with Crippen LogP contribution < -0.4 is 0 Å². The Bertz CT molecular complexity index is 294. The summed E-state index contributed by atoms with van der Waals surface area (Å²) in [7, 11) is -1.86. The van der Waals surface area contributed by atoms with Crippen molar-refractivity contribution in [1.29, 1.82) is 0 Å². The smallest absolute Gasteiger partial charge is 0.192 e. The van der Waals surface area contributed by atoms with Crippen molar-refractivity contribution in [2.24, 2.45) is 5.92 Å². The Kier molecular flexibility index (Phi) is 7.53. The summed E-state index contributed by atoms with van der Waals surface area (Å²) < 4.78 is 6.39. The molecule has 0 fully saturated rings. The first kappa shape index (κ1) is 18.3. The lowest BCUT2D eigenvalue weighted by Gasteiger charge is -2.40. The van der Waals surface area contributed by atoms with Crippen LogP contribution in [0.15, 0.2) is 25.3 Å². The molecule has 2 nitrogen and oxygen atoms in total. The van der Waals surface area contributed by atoms with E-state index >= 15 is 0 Å². The molecule has 0 aromatic rings. The van der Waals surface area contributed by atoms with Gasteiger partial charge < -0.3 is 9.22 Å². The number of hydrogen-bond acceptors (Lipinski definition) is 2. The lowest BCUT2D eigenvalue weighted by atomic mass is 9.99. The van der Waals surface area contributed by atoms with Gasteiger partial charge in [-0.3, -0.25) is 0 Å². The number of carbonyl (C=O) groups excluding carboxylic acids is 1. The fraction of sp³-hybridized carbons (Fsp3) is 0.688. The second-order valence-electron chi connectivity index (χ2n) is 6.59. The molecule has 0 radical (unpaired) electrons. The molecule has 0 heterocycles. The molecule has 0 N–H and O–H groups in total. The lowest BCUT2D eigenvalue weighted by molar-refractivity contribution is -0.112. The summed E-state index contributed by atoms with van der Waals surface area (Å²) >= 11 is 0. The van der Waals surface area contributed by atoms with Crippen LogP contribution >= 0.6 is 0 Å². The van der Waals surface area contributed by atoms with E-state index in [1.54, 1.807) is 6.08 Å². The summed E-state index contributed by atoms with van der Waals surface area (Å²) in [4.78, 5) is 11.2. The molecule has 2 atom stereocenters. The summed E-state index contributed by atoms with van der Waals surface area (Å²) in [5.74, 6) is -0.209. The van der Waals surface area contributed by atoms with Gasteiger partial charge >= 0.3 is 0 Å². The van der Waals surface area contributed by atoms with E-state index < -0.39 is 8.32 Å². The van der Waals surface area contributed by atoms with Gasteiger partial charge in [0.15, 0.2) is 8.32 Å². The Labute approximate surface area is 120 Å². The average molecular weight is 282 g/mol. The number of aldehydes is 1. The number of hydrogen-bond donors (Lipinski definition) is 0. The molecule has 110 valence electrons. The zero-order chi connectivity index (χ0) is 15.1. The zero-order valence-electron chi connectivity index (χ0n) is 13.2. The van der Waals surface area contributed by atoms with Crippen molar-refractivity contribution in [2.75, 3.05) is 0 Å². The molecule has 0 aliphatic carbocycles. The van der Waals surface area contributed by atoms with Gasteiger partial charge in [-0.1, -0.05) is 32.9 Å². The van der Waals surface area contributed by atoms with Crippen molar-refractivity contribution < 1.29 is 9.22 Å². The van der Waals surface area contributed by atoms with E-state index in [4.69, 9.17) is 4.43 Å². The molecule has 0 aliphatic rings. The molecule has 0 spiro atoms. The maximum absolute atomic E-state index is 11.2. The van der Waals surface area contributed by atoms with Crippen LogP contribution in [-0.4, -0.2) is 20.7 Å². The van der Waals surface area contributed by atoms with E-state index in [0.717, 1.165) is 25.5 Å². The topological polar surface area (TPSA) is 26.3 Å². The first-order chi connectivity index (χ1) is 8.69. The Hall–Kier alpha value is -0.673. The molecule has 0 aliphatic heterocycles. The van der Waals surface area contributed by atoms with Gasteiger partial charge in [-0.2, -0.15) is 0 Å². The van der Waals surface area contributed by atoms with E-state index in [1.165, 1.54) is 0 Å². The third-order valence-corrected chi connectivity index (χ3v) is 8.51. The number of carbonyl (C=O) groups is 1. The fourth-order valence-electron chi connectivity index (χ4n) is 1.64. The van der Waals surface area contributed by atoms with Crippen LogP contribution in [0.3, 0.4) is 0 Å². The molecule has 0 unspecified atom stereocenters. The van der Waals surface area contributed by atoms with E-state index in [1.807, 2.05) is 6.08 Å². The van der Waals surface area contributed by atoms with Crippen molar-refractivity contribution in [1.82, 2.24) is 0 Å². The first-order valence-corrected chi connectivity index (χ1v) is 9.97. The third-order valence-electron chi connectivity index (χ3n) is 4.01. The maximum atomic E-state index is 11.2. The standard InChI is InChI=1S/C16H30O2Si/c1-8-10-11-12-15(14(9-2)13-17)18-19(6,7)16(3,4)5/h8-9,13-15H,1-2,10-12H2,3-7H3/t14-,15-/m1/s1. The minimum absolute atomic E-state index is 0.0455. The van der Waals surface area contributed by atoms with E-state index in [2.05, 4.69) is 47.0 Å². The van der Waals surface area contributed by atoms with Gasteiger partial charge in [0.1, 0.15) is 6.29 Å². The van der Waals surface area contributed by atoms with Gasteiger partial charge in [-0.15, -0.1) is 13.2 Å². The predicted molar refractivity (Wildman–Crippen MR) is 85.9 cm³/mol. The molecule has 0 aromatic carbocycles. The molecule has 0 saturated heterocycles. The molecule has 0 aromatic heterocycles. The Balaban J connectivity index is 4.88. The van der Waals surface area contributed by atoms with Crippen molar-refractivity contribution in [3.8, 4) is 0 Å². The Morgan fingerprint density at radius 2 is 1.84 bits per heavy atom. The summed E-state index contributed by atoms with van der Waals surface area (Å²) in [6, 6.07) is 0. The summed E-state index contributed by atoms with van der Waals surface area (Å²) in [5, 5.41) is 0.151. The van der Waals surface area contributed by atoms with Crippen LogP contribution in [0.1, 0.15) is 40.0 Å². The van der Waals surface area contributed by atoms with Gasteiger partial charge in [0.05, 0.1) is 12.0 Å². The van der Waals surface area contributed by atoms with Crippen LogP contribution in [0.25, 0.3) is 0 Å². The van der Waals surface area contributed by atoms with Gasteiger partial charge in [-0.25, -0.2) is 0 Å². The maximum Gasteiger partial charge on any atom is 0.192 e. The van der Waals surface area contributed by atoms with Crippen molar-refractivity contribution in [3.05, 3.63) is 25.3 Å². The van der Waals surface area contributed by atoms with Crippen LogP contribution in [0, 0.1) is 5.92 Å². The normalized spacial score (nSPS) is 15.6. The molecule has 0 bridgehead atoms. The monoisotopic (exact) mass is 282 g/mol. The molecule has 0 rings (SSSR count). The fourth-order valence-corrected chi connectivity index (χ4v) is 3.03. The second-order valence-corrected chi connectivity index (χ2v) is 11.3. The van der Waals surface area contributed by atoms with Gasteiger partial charge in [-0.05, 0) is 37.4 Å². The molecule has 3 heteroatoms. The van der Waals surface area contributed by atoms with Gasteiger partial charge in [0, 0.05) is 0 Å². The lowest BCUT2D eigenvalue weighted by Crippen LogP contribution is -2.45. The van der Waals surface area contributed by atoms with Gasteiger partial charge in [0.25, 0.3) is 0 Å². The second kappa shape index (κ2) is 7.80. The molecule has 19 heavy (non-hydrogen) atoms. The highest BCUT2D eigenvalue weighted by Crippen LogP contribution is 2.38. The summed E-state index contributed by atoms with van der Waals surface area (Å²) in [5.41, 5.74) is 0. The highest BCUT2D eigenvalue weighted by atomic mass is 28.4. The van der Waals surface area contributed by atoms with Crippen molar-refractivity contribution in [3.63, 3.8) is 0 Å². The predicted octanol–water partition coefficient (Wildman–Crippen LogP) is 4.73. The zero-order valence-corrected chi connectivity index (χ0v) is 14.2. The molecule has 0 saturated carbocycles. The van der Waals surface area contributed by atoms with Crippen molar-refractivity contribution in [2.45, 2.75) is 64.3 Å². The Morgan fingerprint density at radius 3 is 2.21 bits per heavy atom. The quantitative estimate of drug-likeness (QED) is 0.264. The van der Waals surface area contributed by atoms with E-state index in [9.17, 15) is 4.79 Å². The third kappa shape index (κ3) is 5.87. The summed E-state index contributed by atoms with van der Waals surface area (Å²) in [6.07, 6.45) is 7.37. The molecular formula is C16H30O2Si. The molecule has 0 amide bonds. The van der Waals surface area contributed by atoms with Gasteiger partial charge in [0.2, 0.25) is 0 Å². The molecular weight excluding hydrogens is 252 g/mol. The van der Waals surface area contributed by atoms with Crippen LogP contribution in [-0.2, 0) is 9.22 Å². The first-order valence-electron chi connectivity index (χ1n) is 7.06. The van der Waals surface area contributed by atoms with Crippen LogP contribution in [0.2, 0.25) is 18.1 Å². The SMILES string of the molecule is C=CCCC[C@@H](O[Si](C)(C)C(C)(C)C)[C@H](C=C)C=O. The summed E-state index contributed by atoms with van der Waals surface area (Å²) in [6.45, 7) is 18.6. The average Bonchev–Trinajstić information content (AvgIpc) is 2.28. The van der Waals surface area contributed by atoms with E-state index in [0.29, 0.717) is 0 Å². The number of unbranched alkanes of at least 4 members (excludes halogenated alkanes) is 1. The Morgan fingerprint density at radius 1 is 1.26 bits per heavy atom. The minimum atomic E-state index is -1.86. The van der Waals surface area contributed by atoms with Crippen molar-refractivity contribution >= 4 is 14.6 Å².